The van der Waals surface area contributed by atoms with Crippen LogP contribution in [0, 0.1) is 5.82 Å². The molecule has 166 valence electrons. The van der Waals surface area contributed by atoms with Crippen molar-refractivity contribution in [1.29, 1.82) is 0 Å². The largest absolute Gasteiger partial charge is 0.338 e. The van der Waals surface area contributed by atoms with Gasteiger partial charge in [-0.3, -0.25) is 9.59 Å². The maximum atomic E-state index is 13.1. The molecule has 0 unspecified atom stereocenters. The molecule has 7 nitrogen and oxygen atoms in total. The van der Waals surface area contributed by atoms with Crippen LogP contribution < -0.4 is 5.32 Å². The molecule has 30 heavy (non-hydrogen) atoms. The van der Waals surface area contributed by atoms with Crippen LogP contribution in [0.2, 0.25) is 0 Å². The number of hydrogen-bond acceptors (Lipinski definition) is 5. The minimum atomic E-state index is -0.630. The summed E-state index contributed by atoms with van der Waals surface area (Å²) in [4.78, 5) is 42.3. The summed E-state index contributed by atoms with van der Waals surface area (Å²) >= 11 is 1.16. The molecule has 0 aromatic heterocycles. The van der Waals surface area contributed by atoms with Gasteiger partial charge in [-0.2, -0.15) is 0 Å². The molecular formula is C21H31FN4O3S. The molecule has 1 aliphatic heterocycles. The predicted molar refractivity (Wildman–Crippen MR) is 117 cm³/mol. The molecule has 1 saturated heterocycles. The summed E-state index contributed by atoms with van der Waals surface area (Å²) < 4.78 is 13.1. The van der Waals surface area contributed by atoms with E-state index in [0.29, 0.717) is 38.4 Å². The third-order valence-corrected chi connectivity index (χ3v) is 5.86. The fourth-order valence-electron chi connectivity index (χ4n) is 3.17. The predicted octanol–water partition coefficient (Wildman–Crippen LogP) is 1.82. The molecule has 0 radical (unpaired) electrons. The van der Waals surface area contributed by atoms with E-state index in [2.05, 4.69) is 10.2 Å². The number of rotatable bonds is 8. The zero-order valence-electron chi connectivity index (χ0n) is 17.9. The third-order valence-electron chi connectivity index (χ3n) is 5.06. The molecule has 2 rings (SSSR count). The number of hydrogen-bond donors (Lipinski definition) is 1. The fraction of sp³-hybridized carbons (Fsp3) is 0.571. The number of carbonyl (C=O) groups excluding carboxylic acids is 3. The summed E-state index contributed by atoms with van der Waals surface area (Å²) in [5.41, 5.74) is 0.912. The van der Waals surface area contributed by atoms with Gasteiger partial charge in [0.05, 0.1) is 0 Å². The van der Waals surface area contributed by atoms with Crippen LogP contribution in [-0.2, 0) is 16.0 Å². The van der Waals surface area contributed by atoms with Crippen molar-refractivity contribution < 1.29 is 18.8 Å². The minimum Gasteiger partial charge on any atom is -0.338 e. The Labute approximate surface area is 182 Å². The molecule has 1 N–H and O–H groups in total. The van der Waals surface area contributed by atoms with Crippen molar-refractivity contribution in [2.45, 2.75) is 26.3 Å². The molecule has 9 heteroatoms. The molecule has 1 atom stereocenters. The number of amides is 3. The first-order valence-corrected chi connectivity index (χ1v) is 11.2. The number of thioether (sulfide) groups is 1. The Morgan fingerprint density at radius 1 is 1.13 bits per heavy atom. The van der Waals surface area contributed by atoms with Crippen molar-refractivity contribution in [3.05, 3.63) is 35.6 Å². The lowest BCUT2D eigenvalue weighted by molar-refractivity contribution is -0.134. The molecular weight excluding hydrogens is 407 g/mol. The van der Waals surface area contributed by atoms with Crippen molar-refractivity contribution >= 4 is 28.8 Å². The number of halogens is 1. The Morgan fingerprint density at radius 3 is 2.37 bits per heavy atom. The summed E-state index contributed by atoms with van der Waals surface area (Å²) in [6, 6.07) is 5.19. The Kier molecular flexibility index (Phi) is 9.58. The Bertz CT molecular complexity index is 723. The number of nitrogens with zero attached hydrogens (tertiary/aromatic N) is 3. The van der Waals surface area contributed by atoms with Crippen LogP contribution in [0.1, 0.15) is 19.4 Å². The molecule has 1 heterocycles. The first kappa shape index (κ1) is 24.1. The number of likely N-dealkylation sites (N-methyl/N-ethyl adjacent to an activating group) is 1. The van der Waals surface area contributed by atoms with Gasteiger partial charge in [0.2, 0.25) is 5.91 Å². The maximum absolute atomic E-state index is 13.1. The van der Waals surface area contributed by atoms with E-state index in [4.69, 9.17) is 0 Å². The van der Waals surface area contributed by atoms with Crippen LogP contribution in [0.3, 0.4) is 0 Å². The molecule has 1 fully saturated rings. The smallest absolute Gasteiger partial charge is 0.318 e. The van der Waals surface area contributed by atoms with Gasteiger partial charge in [0.25, 0.3) is 0 Å². The van der Waals surface area contributed by atoms with Crippen LogP contribution in [0.15, 0.2) is 24.3 Å². The Morgan fingerprint density at radius 2 is 1.77 bits per heavy atom. The van der Waals surface area contributed by atoms with Gasteiger partial charge in [0.15, 0.2) is 5.12 Å². The zero-order valence-corrected chi connectivity index (χ0v) is 18.7. The summed E-state index contributed by atoms with van der Waals surface area (Å²) in [5.74, 6) is 0.0861. The van der Waals surface area contributed by atoms with Gasteiger partial charge in [-0.05, 0) is 38.1 Å². The summed E-state index contributed by atoms with van der Waals surface area (Å²) in [6.07, 6.45) is 0.555. The zero-order chi connectivity index (χ0) is 22.1. The van der Waals surface area contributed by atoms with Gasteiger partial charge < -0.3 is 20.0 Å². The molecule has 0 saturated carbocycles. The van der Waals surface area contributed by atoms with Crippen molar-refractivity contribution in [2.24, 2.45) is 0 Å². The lowest BCUT2D eigenvalue weighted by Crippen LogP contribution is -2.55. The quantitative estimate of drug-likeness (QED) is 0.670. The molecule has 1 aromatic rings. The number of carbonyl (C=O) groups is 3. The molecule has 1 aliphatic rings. The van der Waals surface area contributed by atoms with Gasteiger partial charge in [-0.15, -0.1) is 0 Å². The first-order valence-electron chi connectivity index (χ1n) is 10.2. The maximum Gasteiger partial charge on any atom is 0.318 e. The number of benzene rings is 1. The van der Waals surface area contributed by atoms with Crippen LogP contribution in [0.25, 0.3) is 0 Å². The van der Waals surface area contributed by atoms with E-state index >= 15 is 0 Å². The van der Waals surface area contributed by atoms with E-state index in [-0.39, 0.29) is 22.9 Å². The minimum absolute atomic E-state index is 0.00694. The van der Waals surface area contributed by atoms with E-state index in [1.54, 1.807) is 28.9 Å². The summed E-state index contributed by atoms with van der Waals surface area (Å²) in [7, 11) is 2.02. The highest BCUT2D eigenvalue weighted by Crippen LogP contribution is 2.08. The number of nitrogens with one attached hydrogen (secondary N) is 1. The SMILES string of the molecule is CC(=O)SCCN(CCc1ccc(F)cc1)C(=O)N[C@@H](C)C(=O)N1CCN(C)CC1. The van der Waals surface area contributed by atoms with E-state index in [9.17, 15) is 18.8 Å². The molecule has 0 bridgehead atoms. The van der Waals surface area contributed by atoms with Gasteiger partial charge >= 0.3 is 6.03 Å². The monoisotopic (exact) mass is 438 g/mol. The van der Waals surface area contributed by atoms with Gasteiger partial charge in [0.1, 0.15) is 11.9 Å². The highest BCUT2D eigenvalue weighted by molar-refractivity contribution is 8.13. The highest BCUT2D eigenvalue weighted by atomic mass is 32.2. The second-order valence-electron chi connectivity index (χ2n) is 7.50. The number of piperazine rings is 1. The average Bonchev–Trinajstić information content (AvgIpc) is 2.71. The Hall–Kier alpha value is -2.13. The fourth-order valence-corrected chi connectivity index (χ4v) is 3.77. The molecule has 1 aromatic carbocycles. The van der Waals surface area contributed by atoms with Crippen molar-refractivity contribution in [3.63, 3.8) is 0 Å². The molecule has 3 amide bonds. The van der Waals surface area contributed by atoms with Gasteiger partial charge in [-0.25, -0.2) is 9.18 Å². The van der Waals surface area contributed by atoms with Crippen LogP contribution in [0.4, 0.5) is 9.18 Å². The number of urea groups is 1. The van der Waals surface area contributed by atoms with Crippen molar-refractivity contribution in [1.82, 2.24) is 20.0 Å². The van der Waals surface area contributed by atoms with Crippen LogP contribution >= 0.6 is 11.8 Å². The standard InChI is InChI=1S/C21H31FN4O3S/c1-16(20(28)25-12-10-24(3)11-13-25)23-21(29)26(14-15-30-17(2)27)9-8-18-4-6-19(22)7-5-18/h4-7,16H,8-15H2,1-3H3,(H,23,29)/t16-/m0/s1. The normalized spacial score (nSPS) is 15.5. The highest BCUT2D eigenvalue weighted by Gasteiger charge is 2.26. The first-order chi connectivity index (χ1) is 14.3. The van der Waals surface area contributed by atoms with Crippen molar-refractivity contribution in [3.8, 4) is 0 Å². The Balaban J connectivity index is 1.93. The second-order valence-corrected chi connectivity index (χ2v) is 8.78. The topological polar surface area (TPSA) is 73.0 Å². The second kappa shape index (κ2) is 11.9. The lowest BCUT2D eigenvalue weighted by atomic mass is 10.1. The van der Waals surface area contributed by atoms with Gasteiger partial charge in [-0.1, -0.05) is 23.9 Å². The molecule has 0 aliphatic carbocycles. The lowest BCUT2D eigenvalue weighted by Gasteiger charge is -2.34. The van der Waals surface area contributed by atoms with Crippen LogP contribution in [0.5, 0.6) is 0 Å². The van der Waals surface area contributed by atoms with E-state index in [1.165, 1.54) is 19.1 Å². The molecule has 0 spiro atoms. The van der Waals surface area contributed by atoms with E-state index in [1.807, 2.05) is 7.05 Å². The van der Waals surface area contributed by atoms with E-state index in [0.717, 1.165) is 30.4 Å². The average molecular weight is 439 g/mol. The third kappa shape index (κ3) is 7.95. The summed E-state index contributed by atoms with van der Waals surface area (Å²) in [5, 5.41) is 2.79. The van der Waals surface area contributed by atoms with Gasteiger partial charge in [0, 0.05) is 51.9 Å². The van der Waals surface area contributed by atoms with Crippen molar-refractivity contribution in [2.75, 3.05) is 52.1 Å². The van der Waals surface area contributed by atoms with E-state index < -0.39 is 6.04 Å². The van der Waals surface area contributed by atoms with Crippen LogP contribution in [-0.4, -0.2) is 89.9 Å². The summed E-state index contributed by atoms with van der Waals surface area (Å²) in [6.45, 7) is 6.92.